The number of nitrogens with zero attached hydrogens (tertiary/aromatic N) is 2. The molecule has 1 fully saturated rings. The summed E-state index contributed by atoms with van der Waals surface area (Å²) in [7, 11) is 0. The molecule has 1 heterocycles. The molecule has 1 aromatic carbocycles. The number of benzene rings is 1. The molecule has 9 heteroatoms. The number of anilines is 3. The Kier molecular flexibility index (Phi) is 4.71. The van der Waals surface area contributed by atoms with E-state index < -0.39 is 17.7 Å². The zero-order chi connectivity index (χ0) is 18.9. The van der Waals surface area contributed by atoms with Crippen molar-refractivity contribution in [1.82, 2.24) is 9.97 Å². The number of aliphatic carboxylic acids is 1. The van der Waals surface area contributed by atoms with Gasteiger partial charge >= 0.3 is 12.1 Å². The molecule has 0 amide bonds. The molecule has 3 rings (SSSR count). The number of hydrogen-bond acceptors (Lipinski definition) is 5. The molecule has 0 bridgehead atoms. The third-order valence-electron chi connectivity index (χ3n) is 3.95. The molecule has 1 aliphatic rings. The number of nitrogens with one attached hydrogen (secondary N) is 2. The molecule has 3 N–H and O–H groups in total. The molecule has 0 radical (unpaired) electrons. The highest BCUT2D eigenvalue weighted by atomic mass is 19.4. The van der Waals surface area contributed by atoms with Gasteiger partial charge < -0.3 is 15.7 Å². The SMILES string of the molecule is Cc1ccc(Nc2cc(C3CC3)nc(NCC(=O)O)n2)cc1C(F)(F)F. The Hall–Kier alpha value is -2.84. The Labute approximate surface area is 147 Å². The Balaban J connectivity index is 1.88. The van der Waals surface area contributed by atoms with Crippen LogP contribution in [-0.4, -0.2) is 27.6 Å². The number of aromatic nitrogens is 2. The number of carbonyl (C=O) groups is 1. The van der Waals surface area contributed by atoms with Crippen LogP contribution < -0.4 is 10.6 Å². The van der Waals surface area contributed by atoms with Gasteiger partial charge in [-0.05, 0) is 37.5 Å². The van der Waals surface area contributed by atoms with Crippen molar-refractivity contribution < 1.29 is 23.1 Å². The Morgan fingerprint density at radius 3 is 2.62 bits per heavy atom. The zero-order valence-corrected chi connectivity index (χ0v) is 13.9. The Morgan fingerprint density at radius 2 is 2.00 bits per heavy atom. The number of carboxylic acid groups (broad SMARTS) is 1. The molecule has 0 saturated heterocycles. The quantitative estimate of drug-likeness (QED) is 0.718. The van der Waals surface area contributed by atoms with E-state index in [1.165, 1.54) is 19.1 Å². The molecule has 1 aliphatic carbocycles. The molecule has 0 spiro atoms. The number of halogens is 3. The van der Waals surface area contributed by atoms with Crippen LogP contribution in [-0.2, 0) is 11.0 Å². The average molecular weight is 366 g/mol. The van der Waals surface area contributed by atoms with Gasteiger partial charge in [0.25, 0.3) is 0 Å². The largest absolute Gasteiger partial charge is 0.480 e. The predicted molar refractivity (Wildman–Crippen MR) is 89.6 cm³/mol. The number of alkyl halides is 3. The van der Waals surface area contributed by atoms with E-state index in [-0.39, 0.29) is 29.7 Å². The molecule has 1 aromatic heterocycles. The fourth-order valence-electron chi connectivity index (χ4n) is 2.51. The second kappa shape index (κ2) is 6.81. The first-order valence-corrected chi connectivity index (χ1v) is 8.02. The summed E-state index contributed by atoms with van der Waals surface area (Å²) in [4.78, 5) is 19.1. The molecule has 6 nitrogen and oxygen atoms in total. The molecule has 1 saturated carbocycles. The van der Waals surface area contributed by atoms with Gasteiger partial charge in [-0.25, -0.2) is 4.98 Å². The molecule has 0 atom stereocenters. The van der Waals surface area contributed by atoms with Crippen molar-refractivity contribution in [2.24, 2.45) is 0 Å². The Morgan fingerprint density at radius 1 is 1.27 bits per heavy atom. The molecular formula is C17H17F3N4O2. The van der Waals surface area contributed by atoms with E-state index in [1.807, 2.05) is 0 Å². The van der Waals surface area contributed by atoms with E-state index in [2.05, 4.69) is 20.6 Å². The monoisotopic (exact) mass is 366 g/mol. The number of hydrogen-bond donors (Lipinski definition) is 3. The maximum Gasteiger partial charge on any atom is 0.416 e. The van der Waals surface area contributed by atoms with Crippen molar-refractivity contribution in [1.29, 1.82) is 0 Å². The van der Waals surface area contributed by atoms with Gasteiger partial charge in [0.15, 0.2) is 0 Å². The summed E-state index contributed by atoms with van der Waals surface area (Å²) in [6.07, 6.45) is -2.50. The molecular weight excluding hydrogens is 349 g/mol. The second-order valence-electron chi connectivity index (χ2n) is 6.18. The summed E-state index contributed by atoms with van der Waals surface area (Å²) in [6, 6.07) is 5.63. The molecule has 0 unspecified atom stereocenters. The highest BCUT2D eigenvalue weighted by molar-refractivity contribution is 5.72. The predicted octanol–water partition coefficient (Wildman–Crippen LogP) is 3.92. The van der Waals surface area contributed by atoms with Gasteiger partial charge in [0, 0.05) is 17.7 Å². The first kappa shape index (κ1) is 18.0. The van der Waals surface area contributed by atoms with Gasteiger partial charge in [-0.1, -0.05) is 6.07 Å². The highest BCUT2D eigenvalue weighted by Gasteiger charge is 2.32. The van der Waals surface area contributed by atoms with Crippen LogP contribution in [0.5, 0.6) is 0 Å². The van der Waals surface area contributed by atoms with Crippen LogP contribution in [0.25, 0.3) is 0 Å². The van der Waals surface area contributed by atoms with Crippen LogP contribution in [0.4, 0.5) is 30.6 Å². The van der Waals surface area contributed by atoms with Crippen molar-refractivity contribution in [3.8, 4) is 0 Å². The summed E-state index contributed by atoms with van der Waals surface area (Å²) in [5, 5.41) is 14.2. The summed E-state index contributed by atoms with van der Waals surface area (Å²) < 4.78 is 39.2. The lowest BCUT2D eigenvalue weighted by atomic mass is 10.1. The number of carboxylic acids is 1. The van der Waals surface area contributed by atoms with Crippen molar-refractivity contribution in [2.45, 2.75) is 31.9 Å². The van der Waals surface area contributed by atoms with Gasteiger partial charge in [0.2, 0.25) is 5.95 Å². The molecule has 0 aliphatic heterocycles. The summed E-state index contributed by atoms with van der Waals surface area (Å²) >= 11 is 0. The summed E-state index contributed by atoms with van der Waals surface area (Å²) in [6.45, 7) is 1.05. The van der Waals surface area contributed by atoms with Gasteiger partial charge in [0.05, 0.1) is 11.3 Å². The Bertz CT molecular complexity index is 835. The van der Waals surface area contributed by atoms with E-state index in [9.17, 15) is 18.0 Å². The first-order chi connectivity index (χ1) is 12.2. The van der Waals surface area contributed by atoms with E-state index in [4.69, 9.17) is 5.11 Å². The van der Waals surface area contributed by atoms with Gasteiger partial charge in [-0.15, -0.1) is 0 Å². The minimum absolute atomic E-state index is 0.127. The van der Waals surface area contributed by atoms with Crippen LogP contribution in [0.3, 0.4) is 0 Å². The minimum atomic E-state index is -4.44. The number of rotatable bonds is 6. The fraction of sp³-hybridized carbons (Fsp3) is 0.353. The van der Waals surface area contributed by atoms with Gasteiger partial charge in [-0.3, -0.25) is 4.79 Å². The molecule has 138 valence electrons. The second-order valence-corrected chi connectivity index (χ2v) is 6.18. The van der Waals surface area contributed by atoms with Gasteiger partial charge in [-0.2, -0.15) is 18.2 Å². The van der Waals surface area contributed by atoms with Crippen molar-refractivity contribution >= 4 is 23.4 Å². The van der Waals surface area contributed by atoms with Crippen LogP contribution >= 0.6 is 0 Å². The van der Waals surface area contributed by atoms with Crippen molar-refractivity contribution in [3.05, 3.63) is 41.1 Å². The number of aryl methyl sites for hydroxylation is 1. The normalized spacial score (nSPS) is 14.2. The fourth-order valence-corrected chi connectivity index (χ4v) is 2.51. The van der Waals surface area contributed by atoms with E-state index in [0.29, 0.717) is 5.82 Å². The van der Waals surface area contributed by atoms with E-state index in [1.54, 1.807) is 6.07 Å². The van der Waals surface area contributed by atoms with Crippen LogP contribution in [0, 0.1) is 6.92 Å². The highest BCUT2D eigenvalue weighted by Crippen LogP contribution is 2.40. The molecule has 2 aromatic rings. The maximum atomic E-state index is 13.1. The zero-order valence-electron chi connectivity index (χ0n) is 13.9. The third kappa shape index (κ3) is 4.41. The topological polar surface area (TPSA) is 87.1 Å². The first-order valence-electron chi connectivity index (χ1n) is 8.02. The lowest BCUT2D eigenvalue weighted by Crippen LogP contribution is -2.15. The minimum Gasteiger partial charge on any atom is -0.480 e. The van der Waals surface area contributed by atoms with Crippen molar-refractivity contribution in [3.63, 3.8) is 0 Å². The van der Waals surface area contributed by atoms with E-state index in [0.717, 1.165) is 24.6 Å². The van der Waals surface area contributed by atoms with Crippen molar-refractivity contribution in [2.75, 3.05) is 17.2 Å². The standard InChI is InChI=1S/C17H17F3N4O2/c1-9-2-5-11(6-12(9)17(18,19)20)22-14-7-13(10-3-4-10)23-16(24-14)21-8-15(25)26/h2,5-7,10H,3-4,8H2,1H3,(H,25,26)(H2,21,22,23,24). The van der Waals surface area contributed by atoms with E-state index >= 15 is 0 Å². The lowest BCUT2D eigenvalue weighted by molar-refractivity contribution is -0.138. The third-order valence-corrected chi connectivity index (χ3v) is 3.95. The summed E-state index contributed by atoms with van der Waals surface area (Å²) in [5.74, 6) is -0.352. The van der Waals surface area contributed by atoms with Crippen LogP contribution in [0.2, 0.25) is 0 Å². The lowest BCUT2D eigenvalue weighted by Gasteiger charge is -2.14. The van der Waals surface area contributed by atoms with Crippen LogP contribution in [0.15, 0.2) is 24.3 Å². The smallest absolute Gasteiger partial charge is 0.416 e. The van der Waals surface area contributed by atoms with Gasteiger partial charge in [0.1, 0.15) is 12.4 Å². The summed E-state index contributed by atoms with van der Waals surface area (Å²) in [5.41, 5.74) is 0.391. The average Bonchev–Trinajstić information content (AvgIpc) is 3.38. The maximum absolute atomic E-state index is 13.1. The van der Waals surface area contributed by atoms with Crippen LogP contribution in [0.1, 0.15) is 35.6 Å². The molecule has 26 heavy (non-hydrogen) atoms.